The monoisotopic (exact) mass is 386 g/mol. The molecule has 1 fully saturated rings. The minimum Gasteiger partial charge on any atom is -0.381 e. The van der Waals surface area contributed by atoms with Gasteiger partial charge in [0.2, 0.25) is 5.91 Å². The van der Waals surface area contributed by atoms with Crippen LogP contribution < -0.4 is 0 Å². The summed E-state index contributed by atoms with van der Waals surface area (Å²) in [6.07, 6.45) is 2.42. The van der Waals surface area contributed by atoms with Crippen molar-refractivity contribution in [2.24, 2.45) is 11.8 Å². The van der Waals surface area contributed by atoms with Gasteiger partial charge in [-0.25, -0.2) is 0 Å². The summed E-state index contributed by atoms with van der Waals surface area (Å²) in [5, 5.41) is 0. The van der Waals surface area contributed by atoms with Crippen molar-refractivity contribution < 1.29 is 19.1 Å². The van der Waals surface area contributed by atoms with E-state index in [1.54, 1.807) is 24.3 Å². The smallest absolute Gasteiger partial charge is 0.262 e. The number of hydrogen-bond acceptors (Lipinski definition) is 4. The number of carbonyl (C=O) groups excluding carboxylic acids is 3. The van der Waals surface area contributed by atoms with Crippen LogP contribution in [-0.4, -0.2) is 59.9 Å². The molecule has 2 unspecified atom stereocenters. The lowest BCUT2D eigenvalue weighted by molar-refractivity contribution is -0.138. The number of hydrogen-bond donors (Lipinski definition) is 0. The molecule has 1 saturated heterocycles. The maximum Gasteiger partial charge on any atom is 0.262 e. The van der Waals surface area contributed by atoms with Crippen LogP contribution in [-0.2, 0) is 9.53 Å². The van der Waals surface area contributed by atoms with Crippen molar-refractivity contribution in [3.8, 4) is 0 Å². The summed E-state index contributed by atoms with van der Waals surface area (Å²) in [5.74, 6) is -0.351. The molecule has 2 aliphatic heterocycles. The number of benzene rings is 1. The van der Waals surface area contributed by atoms with Gasteiger partial charge >= 0.3 is 0 Å². The van der Waals surface area contributed by atoms with Gasteiger partial charge in [0.05, 0.1) is 17.7 Å². The predicted molar refractivity (Wildman–Crippen MR) is 106 cm³/mol. The molecule has 0 saturated carbocycles. The molecular weight excluding hydrogens is 356 g/mol. The number of carbonyl (C=O) groups is 3. The van der Waals surface area contributed by atoms with Gasteiger partial charge in [-0.2, -0.15) is 0 Å². The second-order valence-electron chi connectivity index (χ2n) is 8.12. The molecule has 0 spiro atoms. The molecule has 6 nitrogen and oxygen atoms in total. The third-order valence-corrected chi connectivity index (χ3v) is 5.51. The van der Waals surface area contributed by atoms with Gasteiger partial charge in [-0.1, -0.05) is 26.0 Å². The van der Waals surface area contributed by atoms with Crippen molar-refractivity contribution in [1.29, 1.82) is 0 Å². The van der Waals surface area contributed by atoms with E-state index in [1.165, 1.54) is 4.90 Å². The summed E-state index contributed by atoms with van der Waals surface area (Å²) < 4.78 is 5.55. The highest BCUT2D eigenvalue weighted by molar-refractivity contribution is 6.22. The van der Waals surface area contributed by atoms with E-state index in [9.17, 15) is 14.4 Å². The Kier molecular flexibility index (Phi) is 6.50. The topological polar surface area (TPSA) is 66.9 Å². The fourth-order valence-electron chi connectivity index (χ4n) is 4.15. The molecule has 6 heteroatoms. The number of amides is 3. The molecule has 0 bridgehead atoms. The van der Waals surface area contributed by atoms with E-state index in [0.29, 0.717) is 49.8 Å². The van der Waals surface area contributed by atoms with Crippen LogP contribution in [0.3, 0.4) is 0 Å². The highest BCUT2D eigenvalue weighted by Gasteiger charge is 2.44. The first-order valence-corrected chi connectivity index (χ1v) is 10.3. The summed E-state index contributed by atoms with van der Waals surface area (Å²) in [4.78, 5) is 42.3. The Bertz CT molecular complexity index is 711. The van der Waals surface area contributed by atoms with Crippen molar-refractivity contribution in [1.82, 2.24) is 9.80 Å². The van der Waals surface area contributed by atoms with Crippen molar-refractivity contribution in [2.45, 2.75) is 46.1 Å². The molecule has 3 rings (SSSR count). The van der Waals surface area contributed by atoms with Crippen molar-refractivity contribution >= 4 is 17.7 Å². The van der Waals surface area contributed by atoms with E-state index in [0.717, 1.165) is 12.8 Å². The molecule has 0 aliphatic carbocycles. The quantitative estimate of drug-likeness (QED) is 0.676. The van der Waals surface area contributed by atoms with Crippen LogP contribution in [0.4, 0.5) is 0 Å². The van der Waals surface area contributed by atoms with Gasteiger partial charge in [-0.3, -0.25) is 19.3 Å². The van der Waals surface area contributed by atoms with Gasteiger partial charge in [-0.05, 0) is 50.2 Å². The normalized spacial score (nSPS) is 20.6. The Morgan fingerprint density at radius 1 is 1.18 bits per heavy atom. The Morgan fingerprint density at radius 2 is 1.82 bits per heavy atom. The van der Waals surface area contributed by atoms with Crippen LogP contribution in [0.1, 0.15) is 60.7 Å². The van der Waals surface area contributed by atoms with Gasteiger partial charge in [0.15, 0.2) is 0 Å². The Balaban J connectivity index is 1.82. The molecule has 28 heavy (non-hydrogen) atoms. The van der Waals surface area contributed by atoms with Gasteiger partial charge in [0, 0.05) is 19.7 Å². The van der Waals surface area contributed by atoms with Crippen LogP contribution in [0.25, 0.3) is 0 Å². The second-order valence-corrected chi connectivity index (χ2v) is 8.12. The summed E-state index contributed by atoms with van der Waals surface area (Å²) in [7, 11) is 0. The first-order valence-electron chi connectivity index (χ1n) is 10.3. The summed E-state index contributed by atoms with van der Waals surface area (Å²) in [6, 6.07) is 6.06. The SMILES string of the molecule is CCOCC1CCCN(C(=O)C(CC(C)C)N2C(=O)c3ccccc3C2=O)C1. The van der Waals surface area contributed by atoms with E-state index in [-0.39, 0.29) is 23.6 Å². The molecule has 2 atom stereocenters. The average molecular weight is 386 g/mol. The van der Waals surface area contributed by atoms with Crippen molar-refractivity contribution in [3.05, 3.63) is 35.4 Å². The maximum atomic E-state index is 13.4. The number of piperidine rings is 1. The highest BCUT2D eigenvalue weighted by Crippen LogP contribution is 2.29. The molecule has 2 aliphatic rings. The largest absolute Gasteiger partial charge is 0.381 e. The van der Waals surface area contributed by atoms with Gasteiger partial charge in [-0.15, -0.1) is 0 Å². The summed E-state index contributed by atoms with van der Waals surface area (Å²) >= 11 is 0. The van der Waals surface area contributed by atoms with E-state index in [2.05, 4.69) is 0 Å². The third-order valence-electron chi connectivity index (χ3n) is 5.51. The molecule has 152 valence electrons. The number of ether oxygens (including phenoxy) is 1. The minimum absolute atomic E-state index is 0.121. The lowest BCUT2D eigenvalue weighted by Crippen LogP contribution is -2.53. The minimum atomic E-state index is -0.752. The Morgan fingerprint density at radius 3 is 2.39 bits per heavy atom. The van der Waals surface area contributed by atoms with Crippen LogP contribution >= 0.6 is 0 Å². The molecule has 2 heterocycles. The fraction of sp³-hybridized carbons (Fsp3) is 0.591. The zero-order chi connectivity index (χ0) is 20.3. The summed E-state index contributed by atoms with van der Waals surface area (Å²) in [6.45, 7) is 8.57. The van der Waals surface area contributed by atoms with Gasteiger partial charge < -0.3 is 9.64 Å². The fourth-order valence-corrected chi connectivity index (χ4v) is 4.15. The van der Waals surface area contributed by atoms with E-state index < -0.39 is 6.04 Å². The Hall–Kier alpha value is -2.21. The highest BCUT2D eigenvalue weighted by atomic mass is 16.5. The van der Waals surface area contributed by atoms with Gasteiger partial charge in [0.1, 0.15) is 6.04 Å². The number of nitrogens with zero attached hydrogens (tertiary/aromatic N) is 2. The number of rotatable bonds is 7. The predicted octanol–water partition coefficient (Wildman–Crippen LogP) is 2.97. The molecule has 1 aromatic carbocycles. The summed E-state index contributed by atoms with van der Waals surface area (Å²) in [5.41, 5.74) is 0.781. The zero-order valence-corrected chi connectivity index (χ0v) is 17.0. The lowest BCUT2D eigenvalue weighted by atomic mass is 9.96. The average Bonchev–Trinajstić information content (AvgIpc) is 2.95. The van der Waals surface area contributed by atoms with E-state index in [1.807, 2.05) is 25.7 Å². The number of likely N-dealkylation sites (tertiary alicyclic amines) is 1. The number of fused-ring (bicyclic) bond motifs is 1. The zero-order valence-electron chi connectivity index (χ0n) is 17.0. The molecular formula is C22H30N2O4. The van der Waals surface area contributed by atoms with Crippen LogP contribution in [0.5, 0.6) is 0 Å². The molecule has 1 aromatic rings. The standard InChI is InChI=1S/C22H30N2O4/c1-4-28-14-16-8-7-11-23(13-16)22(27)19(12-15(2)3)24-20(25)17-9-5-6-10-18(17)21(24)26/h5-6,9-10,15-16,19H,4,7-8,11-14H2,1-3H3. The first-order chi connectivity index (χ1) is 13.4. The van der Waals surface area contributed by atoms with E-state index >= 15 is 0 Å². The number of imide groups is 1. The Labute approximate surface area is 166 Å². The third kappa shape index (κ3) is 4.12. The van der Waals surface area contributed by atoms with E-state index in [4.69, 9.17) is 4.74 Å². The van der Waals surface area contributed by atoms with Crippen LogP contribution in [0.2, 0.25) is 0 Å². The lowest BCUT2D eigenvalue weighted by Gasteiger charge is -2.37. The maximum absolute atomic E-state index is 13.4. The molecule has 0 N–H and O–H groups in total. The van der Waals surface area contributed by atoms with Crippen LogP contribution in [0.15, 0.2) is 24.3 Å². The molecule has 3 amide bonds. The van der Waals surface area contributed by atoms with Crippen LogP contribution in [0, 0.1) is 11.8 Å². The second kappa shape index (κ2) is 8.86. The van der Waals surface area contributed by atoms with Crippen molar-refractivity contribution in [2.75, 3.05) is 26.3 Å². The van der Waals surface area contributed by atoms with Crippen molar-refractivity contribution in [3.63, 3.8) is 0 Å². The first kappa shape index (κ1) is 20.5. The van der Waals surface area contributed by atoms with Gasteiger partial charge in [0.25, 0.3) is 11.8 Å². The molecule has 0 radical (unpaired) electrons. The molecule has 0 aromatic heterocycles.